The summed E-state index contributed by atoms with van der Waals surface area (Å²) in [5.74, 6) is 1.48. The Bertz CT molecular complexity index is 1160. The number of thiazole rings is 1. The molecule has 1 N–H and O–H groups in total. The molecule has 2 aromatic heterocycles. The van der Waals surface area contributed by atoms with Crippen LogP contribution in [0.4, 0.5) is 10.9 Å². The average molecular weight is 532 g/mol. The van der Waals surface area contributed by atoms with Gasteiger partial charge >= 0.3 is 0 Å². The number of anilines is 2. The molecule has 1 aliphatic rings. The quantitative estimate of drug-likeness (QED) is 0.477. The van der Waals surface area contributed by atoms with Crippen molar-refractivity contribution in [3.8, 4) is 16.6 Å². The summed E-state index contributed by atoms with van der Waals surface area (Å²) in [5, 5.41) is 4.32. The fourth-order valence-electron chi connectivity index (χ4n) is 3.38. The number of carbonyl (C=O) groups excluding carboxylic acids is 2. The lowest BCUT2D eigenvalue weighted by Crippen LogP contribution is -2.50. The Morgan fingerprint density at radius 2 is 1.88 bits per heavy atom. The summed E-state index contributed by atoms with van der Waals surface area (Å²) in [5.41, 5.74) is 0.410. The molecule has 9 nitrogen and oxygen atoms in total. The molecule has 11 heteroatoms. The van der Waals surface area contributed by atoms with Gasteiger partial charge < -0.3 is 24.6 Å². The number of amides is 2. The topological polar surface area (TPSA) is 96.9 Å². The molecule has 0 atom stereocenters. The Morgan fingerprint density at radius 1 is 1.12 bits per heavy atom. The van der Waals surface area contributed by atoms with Gasteiger partial charge in [-0.15, -0.1) is 0 Å². The number of aromatic nitrogens is 2. The van der Waals surface area contributed by atoms with Gasteiger partial charge in [0.05, 0.1) is 18.9 Å². The number of piperazine rings is 1. The minimum absolute atomic E-state index is 0.0178. The van der Waals surface area contributed by atoms with Crippen LogP contribution >= 0.6 is 27.3 Å². The average Bonchev–Trinajstić information content (AvgIpc) is 3.25. The van der Waals surface area contributed by atoms with E-state index in [9.17, 15) is 9.59 Å². The fraction of sp³-hybridized carbons (Fsp3) is 0.273. The van der Waals surface area contributed by atoms with Crippen LogP contribution in [0.25, 0.3) is 0 Å². The number of hydrogen-bond acceptors (Lipinski definition) is 8. The van der Waals surface area contributed by atoms with E-state index in [4.69, 9.17) is 9.47 Å². The Balaban J connectivity index is 1.46. The van der Waals surface area contributed by atoms with Crippen LogP contribution in [0.3, 0.4) is 0 Å². The van der Waals surface area contributed by atoms with Crippen molar-refractivity contribution < 1.29 is 19.1 Å². The highest BCUT2D eigenvalue weighted by molar-refractivity contribution is 9.10. The smallest absolute Gasteiger partial charge is 0.257 e. The number of halogens is 1. The standard InChI is InChI=1S/C22H22BrN5O4S/c1-14(29)27-8-10-28(11-9-27)21(30)16-12-15(6-7-17(16)31-2)32-20-13-24-22(33-20)26-19-5-3-4-18(23)25-19/h3-7,12-13H,8-11H2,1-2H3,(H,24,25,26). The second kappa shape index (κ2) is 10.2. The van der Waals surface area contributed by atoms with Crippen LogP contribution in [0.1, 0.15) is 17.3 Å². The van der Waals surface area contributed by atoms with E-state index in [0.29, 0.717) is 59.3 Å². The van der Waals surface area contributed by atoms with Crippen molar-refractivity contribution in [2.75, 3.05) is 38.6 Å². The zero-order chi connectivity index (χ0) is 23.4. The summed E-state index contributed by atoms with van der Waals surface area (Å²) in [6.07, 6.45) is 1.61. The fourth-order valence-corrected chi connectivity index (χ4v) is 4.42. The maximum Gasteiger partial charge on any atom is 0.257 e. The highest BCUT2D eigenvalue weighted by Crippen LogP contribution is 2.34. The molecule has 4 rings (SSSR count). The van der Waals surface area contributed by atoms with Gasteiger partial charge in [0.2, 0.25) is 11.0 Å². The molecule has 1 aromatic carbocycles. The molecular weight excluding hydrogens is 510 g/mol. The van der Waals surface area contributed by atoms with Crippen molar-refractivity contribution in [1.82, 2.24) is 19.8 Å². The van der Waals surface area contributed by atoms with E-state index in [2.05, 4.69) is 31.2 Å². The van der Waals surface area contributed by atoms with Crippen molar-refractivity contribution in [3.05, 3.63) is 52.8 Å². The van der Waals surface area contributed by atoms with E-state index in [1.165, 1.54) is 25.4 Å². The monoisotopic (exact) mass is 531 g/mol. The van der Waals surface area contributed by atoms with E-state index in [1.54, 1.807) is 34.2 Å². The van der Waals surface area contributed by atoms with Crippen molar-refractivity contribution >= 4 is 50.0 Å². The third-order valence-corrected chi connectivity index (χ3v) is 6.30. The van der Waals surface area contributed by atoms with Gasteiger partial charge in [-0.3, -0.25) is 9.59 Å². The van der Waals surface area contributed by atoms with Crippen LogP contribution in [0.5, 0.6) is 16.6 Å². The first-order valence-corrected chi connectivity index (χ1v) is 11.8. The molecule has 3 heterocycles. The largest absolute Gasteiger partial charge is 0.496 e. The van der Waals surface area contributed by atoms with Crippen molar-refractivity contribution in [2.24, 2.45) is 0 Å². The Hall–Kier alpha value is -3.18. The second-order valence-corrected chi connectivity index (χ2v) is 9.02. The molecule has 3 aromatic rings. The number of methoxy groups -OCH3 is 1. The molecule has 0 bridgehead atoms. The number of pyridine rings is 1. The number of hydrogen-bond donors (Lipinski definition) is 1. The first-order chi connectivity index (χ1) is 15.9. The van der Waals surface area contributed by atoms with E-state index in [1.807, 2.05) is 18.2 Å². The highest BCUT2D eigenvalue weighted by Gasteiger charge is 2.25. The minimum Gasteiger partial charge on any atom is -0.496 e. The van der Waals surface area contributed by atoms with Crippen LogP contribution in [-0.4, -0.2) is 64.9 Å². The van der Waals surface area contributed by atoms with Gasteiger partial charge in [0.25, 0.3) is 5.91 Å². The maximum absolute atomic E-state index is 13.2. The summed E-state index contributed by atoms with van der Waals surface area (Å²) in [6.45, 7) is 3.52. The molecule has 0 aliphatic carbocycles. The van der Waals surface area contributed by atoms with Gasteiger partial charge in [-0.25, -0.2) is 9.97 Å². The zero-order valence-electron chi connectivity index (χ0n) is 18.1. The first-order valence-electron chi connectivity index (χ1n) is 10.2. The molecule has 1 fully saturated rings. The lowest BCUT2D eigenvalue weighted by atomic mass is 10.1. The predicted octanol–water partition coefficient (Wildman–Crippen LogP) is 4.15. The number of rotatable bonds is 6. The third kappa shape index (κ3) is 5.60. The van der Waals surface area contributed by atoms with Crippen LogP contribution < -0.4 is 14.8 Å². The molecule has 1 saturated heterocycles. The lowest BCUT2D eigenvalue weighted by Gasteiger charge is -2.34. The van der Waals surface area contributed by atoms with Gasteiger partial charge in [0.15, 0.2) is 5.13 Å². The van der Waals surface area contributed by atoms with Crippen molar-refractivity contribution in [3.63, 3.8) is 0 Å². The molecule has 0 saturated carbocycles. The number of nitrogens with zero attached hydrogens (tertiary/aromatic N) is 4. The summed E-state index contributed by atoms with van der Waals surface area (Å²) >= 11 is 4.66. The van der Waals surface area contributed by atoms with Crippen molar-refractivity contribution in [1.29, 1.82) is 0 Å². The second-order valence-electron chi connectivity index (χ2n) is 7.22. The third-order valence-electron chi connectivity index (χ3n) is 5.07. The maximum atomic E-state index is 13.2. The first kappa shape index (κ1) is 23.0. The number of benzene rings is 1. The van der Waals surface area contributed by atoms with Crippen LogP contribution in [0, 0.1) is 0 Å². The molecule has 0 radical (unpaired) electrons. The molecular formula is C22H22BrN5O4S. The number of carbonyl (C=O) groups is 2. The Kier molecular flexibility index (Phi) is 7.09. The predicted molar refractivity (Wildman–Crippen MR) is 129 cm³/mol. The van der Waals surface area contributed by atoms with Crippen molar-refractivity contribution in [2.45, 2.75) is 6.92 Å². The zero-order valence-corrected chi connectivity index (χ0v) is 20.5. The summed E-state index contributed by atoms with van der Waals surface area (Å²) in [4.78, 5) is 36.8. The lowest BCUT2D eigenvalue weighted by molar-refractivity contribution is -0.130. The van der Waals surface area contributed by atoms with Crippen LogP contribution in [0.2, 0.25) is 0 Å². The molecule has 2 amide bonds. The van der Waals surface area contributed by atoms with Crippen LogP contribution in [-0.2, 0) is 4.79 Å². The van der Waals surface area contributed by atoms with Gasteiger partial charge in [-0.2, -0.15) is 0 Å². The molecule has 0 spiro atoms. The van der Waals surface area contributed by atoms with E-state index in [-0.39, 0.29) is 11.8 Å². The summed E-state index contributed by atoms with van der Waals surface area (Å²) in [7, 11) is 1.53. The van der Waals surface area contributed by atoms with E-state index >= 15 is 0 Å². The van der Waals surface area contributed by atoms with Gasteiger partial charge in [0, 0.05) is 33.1 Å². The molecule has 172 valence electrons. The SMILES string of the molecule is COc1ccc(Oc2cnc(Nc3cccc(Br)n3)s2)cc1C(=O)N1CCN(C(C)=O)CC1. The highest BCUT2D eigenvalue weighted by atomic mass is 79.9. The Labute approximate surface area is 203 Å². The van der Waals surface area contributed by atoms with Gasteiger partial charge in [0.1, 0.15) is 21.9 Å². The molecule has 33 heavy (non-hydrogen) atoms. The summed E-state index contributed by atoms with van der Waals surface area (Å²) < 4.78 is 12.1. The number of nitrogens with one attached hydrogen (secondary N) is 1. The Morgan fingerprint density at radius 3 is 2.58 bits per heavy atom. The normalized spacial score (nSPS) is 13.5. The molecule has 0 unspecified atom stereocenters. The van der Waals surface area contributed by atoms with E-state index in [0.717, 1.165) is 4.60 Å². The van der Waals surface area contributed by atoms with Gasteiger partial charge in [-0.05, 0) is 46.3 Å². The number of ether oxygens (including phenoxy) is 2. The van der Waals surface area contributed by atoms with Gasteiger partial charge in [-0.1, -0.05) is 17.4 Å². The van der Waals surface area contributed by atoms with E-state index < -0.39 is 0 Å². The summed E-state index contributed by atoms with van der Waals surface area (Å²) in [6, 6.07) is 10.7. The molecule has 1 aliphatic heterocycles. The minimum atomic E-state index is -0.159. The van der Waals surface area contributed by atoms with Crippen LogP contribution in [0.15, 0.2) is 47.2 Å².